The molecule has 0 spiro atoms. The monoisotopic (exact) mass is 528 g/mol. The molecule has 0 radical (unpaired) electrons. The lowest BCUT2D eigenvalue weighted by atomic mass is 10.1. The zero-order chi connectivity index (χ0) is 28.1. The third-order valence-corrected chi connectivity index (χ3v) is 6.72. The number of nitro groups is 1. The Hall–Kier alpha value is -4.53. The molecule has 0 saturated heterocycles. The Morgan fingerprint density at radius 2 is 1.82 bits per heavy atom. The van der Waals surface area contributed by atoms with Crippen LogP contribution in [-0.4, -0.2) is 38.4 Å². The number of hydrogen-bond acceptors (Lipinski definition) is 6. The van der Waals surface area contributed by atoms with Crippen LogP contribution in [-0.2, 0) is 0 Å². The minimum atomic E-state index is -0.642. The summed E-state index contributed by atoms with van der Waals surface area (Å²) in [5.41, 5.74) is 1.34. The third-order valence-electron chi connectivity index (χ3n) is 6.72. The molecule has 9 nitrogen and oxygen atoms in total. The van der Waals surface area contributed by atoms with Crippen molar-refractivity contribution in [3.8, 4) is 11.4 Å². The lowest BCUT2D eigenvalue weighted by molar-refractivity contribution is -0.385. The van der Waals surface area contributed by atoms with E-state index in [1.165, 1.54) is 10.6 Å². The summed E-state index contributed by atoms with van der Waals surface area (Å²) < 4.78 is 7.37. The van der Waals surface area contributed by atoms with Gasteiger partial charge in [0.2, 0.25) is 0 Å². The minimum absolute atomic E-state index is 0.115. The van der Waals surface area contributed by atoms with Crippen LogP contribution in [0.25, 0.3) is 16.6 Å². The highest BCUT2D eigenvalue weighted by Gasteiger charge is 2.29. The van der Waals surface area contributed by atoms with E-state index in [9.17, 15) is 19.7 Å². The van der Waals surface area contributed by atoms with Crippen molar-refractivity contribution in [2.45, 2.75) is 46.6 Å². The zero-order valence-corrected chi connectivity index (χ0v) is 22.6. The molecule has 1 aromatic heterocycles. The summed E-state index contributed by atoms with van der Waals surface area (Å²) in [5.74, 6) is 0.524. The van der Waals surface area contributed by atoms with Gasteiger partial charge in [0.15, 0.2) is 0 Å². The van der Waals surface area contributed by atoms with Gasteiger partial charge in [0.25, 0.3) is 17.2 Å². The van der Waals surface area contributed by atoms with Gasteiger partial charge in [-0.25, -0.2) is 4.98 Å². The fourth-order valence-electron chi connectivity index (χ4n) is 4.63. The summed E-state index contributed by atoms with van der Waals surface area (Å²) >= 11 is 0. The zero-order valence-electron chi connectivity index (χ0n) is 22.6. The molecule has 1 unspecified atom stereocenters. The van der Waals surface area contributed by atoms with Gasteiger partial charge in [0.05, 0.1) is 34.2 Å². The first kappa shape index (κ1) is 27.5. The molecule has 1 heterocycles. The lowest BCUT2D eigenvalue weighted by Gasteiger charge is -2.31. The number of nitrogens with zero attached hydrogens (tertiary/aromatic N) is 4. The van der Waals surface area contributed by atoms with Crippen LogP contribution in [0.15, 0.2) is 71.5 Å². The topological polar surface area (TPSA) is 108 Å². The molecule has 0 N–H and O–H groups in total. The van der Waals surface area contributed by atoms with Gasteiger partial charge in [0, 0.05) is 23.7 Å². The summed E-state index contributed by atoms with van der Waals surface area (Å²) in [6.45, 7) is 8.14. The molecule has 4 aromatic rings. The largest absolute Gasteiger partial charge is 0.492 e. The molecular weight excluding hydrogens is 496 g/mol. The van der Waals surface area contributed by atoms with Crippen molar-refractivity contribution in [1.82, 2.24) is 14.5 Å². The first-order valence-corrected chi connectivity index (χ1v) is 13.1. The van der Waals surface area contributed by atoms with Crippen LogP contribution < -0.4 is 10.3 Å². The molecule has 0 fully saturated rings. The molecule has 1 amide bonds. The van der Waals surface area contributed by atoms with E-state index in [1.807, 2.05) is 39.0 Å². The molecule has 9 heteroatoms. The van der Waals surface area contributed by atoms with Crippen LogP contribution in [0.5, 0.6) is 5.75 Å². The quantitative estimate of drug-likeness (QED) is 0.184. The van der Waals surface area contributed by atoms with E-state index in [2.05, 4.69) is 0 Å². The Morgan fingerprint density at radius 1 is 1.10 bits per heavy atom. The fourth-order valence-corrected chi connectivity index (χ4v) is 4.63. The summed E-state index contributed by atoms with van der Waals surface area (Å²) in [4.78, 5) is 45.4. The van der Waals surface area contributed by atoms with E-state index in [4.69, 9.17) is 9.72 Å². The van der Waals surface area contributed by atoms with Crippen LogP contribution >= 0.6 is 0 Å². The van der Waals surface area contributed by atoms with Gasteiger partial charge < -0.3 is 9.64 Å². The van der Waals surface area contributed by atoms with Gasteiger partial charge in [0.1, 0.15) is 11.6 Å². The Bertz CT molecular complexity index is 1580. The molecule has 202 valence electrons. The van der Waals surface area contributed by atoms with Crippen molar-refractivity contribution < 1.29 is 14.5 Å². The number of hydrogen-bond donors (Lipinski definition) is 0. The summed E-state index contributed by atoms with van der Waals surface area (Å²) in [5, 5.41) is 12.0. The van der Waals surface area contributed by atoms with Crippen LogP contribution in [0, 0.1) is 17.0 Å². The molecule has 3 aromatic carbocycles. The summed E-state index contributed by atoms with van der Waals surface area (Å²) in [7, 11) is 0. The van der Waals surface area contributed by atoms with E-state index in [0.29, 0.717) is 53.3 Å². The number of carbonyl (C=O) groups excluding carboxylic acids is 1. The molecule has 0 aliphatic rings. The number of fused-ring (bicyclic) bond motifs is 1. The van der Waals surface area contributed by atoms with Crippen molar-refractivity contribution in [1.29, 1.82) is 0 Å². The average molecular weight is 529 g/mol. The second-order valence-electron chi connectivity index (χ2n) is 9.31. The van der Waals surface area contributed by atoms with E-state index in [0.717, 1.165) is 6.42 Å². The van der Waals surface area contributed by atoms with E-state index < -0.39 is 11.0 Å². The molecule has 39 heavy (non-hydrogen) atoms. The SMILES string of the molecule is CCCCN(C(=O)c1ccc(C)c([N+](=O)[O-])c1)C(C)c1nc2ccccc2c(=O)n1-c1ccccc1OCC. The molecule has 0 aliphatic carbocycles. The molecule has 1 atom stereocenters. The fraction of sp³-hybridized carbons (Fsp3) is 0.300. The molecular formula is C30H32N4O5. The highest BCUT2D eigenvalue weighted by molar-refractivity contribution is 5.95. The van der Waals surface area contributed by atoms with Gasteiger partial charge in [-0.15, -0.1) is 0 Å². The number of benzene rings is 3. The first-order chi connectivity index (χ1) is 18.8. The molecule has 0 aliphatic heterocycles. The van der Waals surface area contributed by atoms with Crippen LogP contribution in [0.3, 0.4) is 0 Å². The normalized spacial score (nSPS) is 11.8. The standard InChI is InChI=1S/C30H32N4O5/c1-5-7-18-32(29(35)22-17-16-20(3)26(19-22)34(37)38)21(4)28-31-24-13-9-8-12-23(24)30(36)33(28)25-14-10-11-15-27(25)39-6-2/h8-17,19,21H,5-7,18H2,1-4H3. The van der Waals surface area contributed by atoms with Crippen molar-refractivity contribution in [3.63, 3.8) is 0 Å². The Kier molecular flexibility index (Phi) is 8.39. The number of ether oxygens (including phenoxy) is 1. The van der Waals surface area contributed by atoms with E-state index >= 15 is 0 Å². The summed E-state index contributed by atoms with van der Waals surface area (Å²) in [6.07, 6.45) is 1.53. The summed E-state index contributed by atoms with van der Waals surface area (Å²) in [6, 6.07) is 18.2. The van der Waals surface area contributed by atoms with Crippen LogP contribution in [0.2, 0.25) is 0 Å². The van der Waals surface area contributed by atoms with E-state index in [-0.39, 0.29) is 22.7 Å². The van der Waals surface area contributed by atoms with Crippen molar-refractivity contribution in [3.05, 3.63) is 104 Å². The van der Waals surface area contributed by atoms with Crippen LogP contribution in [0.4, 0.5) is 5.69 Å². The van der Waals surface area contributed by atoms with Crippen molar-refractivity contribution in [2.75, 3.05) is 13.2 Å². The van der Waals surface area contributed by atoms with Gasteiger partial charge in [-0.05, 0) is 57.5 Å². The number of nitro benzene ring substituents is 1. The van der Waals surface area contributed by atoms with Crippen molar-refractivity contribution >= 4 is 22.5 Å². The van der Waals surface area contributed by atoms with Gasteiger partial charge >= 0.3 is 0 Å². The number of unbranched alkanes of at least 4 members (excludes halogenated alkanes) is 1. The highest BCUT2D eigenvalue weighted by atomic mass is 16.6. The Labute approximate surface area is 226 Å². The van der Waals surface area contributed by atoms with Gasteiger partial charge in [-0.2, -0.15) is 0 Å². The number of rotatable bonds is 10. The maximum atomic E-state index is 13.9. The number of carbonyl (C=O) groups is 1. The maximum Gasteiger partial charge on any atom is 0.273 e. The second-order valence-corrected chi connectivity index (χ2v) is 9.31. The molecule has 0 saturated carbocycles. The lowest BCUT2D eigenvalue weighted by Crippen LogP contribution is -2.38. The Morgan fingerprint density at radius 3 is 2.54 bits per heavy atom. The van der Waals surface area contributed by atoms with E-state index in [1.54, 1.807) is 54.3 Å². The minimum Gasteiger partial charge on any atom is -0.492 e. The van der Waals surface area contributed by atoms with Crippen molar-refractivity contribution in [2.24, 2.45) is 0 Å². The predicted octanol–water partition coefficient (Wildman–Crippen LogP) is 6.00. The number of para-hydroxylation sites is 3. The third kappa shape index (κ3) is 5.52. The second kappa shape index (κ2) is 11.9. The predicted molar refractivity (Wildman–Crippen MR) is 151 cm³/mol. The van der Waals surface area contributed by atoms with Crippen LogP contribution in [0.1, 0.15) is 61.4 Å². The average Bonchev–Trinajstić information content (AvgIpc) is 2.93. The van der Waals surface area contributed by atoms with Gasteiger partial charge in [-0.1, -0.05) is 43.7 Å². The number of amides is 1. The highest BCUT2D eigenvalue weighted by Crippen LogP contribution is 2.29. The number of aromatic nitrogens is 2. The molecule has 4 rings (SSSR count). The first-order valence-electron chi connectivity index (χ1n) is 13.1. The smallest absolute Gasteiger partial charge is 0.273 e. The Balaban J connectivity index is 1.92. The number of aryl methyl sites for hydroxylation is 1. The maximum absolute atomic E-state index is 13.9. The molecule has 0 bridgehead atoms. The van der Waals surface area contributed by atoms with Gasteiger partial charge in [-0.3, -0.25) is 24.3 Å².